The van der Waals surface area contributed by atoms with E-state index in [1.807, 2.05) is 42.5 Å². The monoisotopic (exact) mass is 370 g/mol. The number of methoxy groups -OCH3 is 2. The fraction of sp³-hybridized carbons (Fsp3) is 0.200. The molecule has 1 heterocycles. The zero-order valence-corrected chi connectivity index (χ0v) is 15.3. The maximum absolute atomic E-state index is 11.9. The van der Waals surface area contributed by atoms with Crippen molar-refractivity contribution in [2.45, 2.75) is 6.42 Å². The number of benzene rings is 2. The molecule has 1 amide bonds. The van der Waals surface area contributed by atoms with Crippen molar-refractivity contribution in [2.75, 3.05) is 25.4 Å². The lowest BCUT2D eigenvalue weighted by molar-refractivity contribution is -0.113. The van der Waals surface area contributed by atoms with E-state index in [-0.39, 0.29) is 11.8 Å². The van der Waals surface area contributed by atoms with Crippen molar-refractivity contribution in [3.05, 3.63) is 59.9 Å². The van der Waals surface area contributed by atoms with Crippen LogP contribution in [0.25, 0.3) is 10.8 Å². The number of hydrogen-bond acceptors (Lipinski definition) is 4. The number of rotatable bonds is 6. The highest BCUT2D eigenvalue weighted by Crippen LogP contribution is 2.39. The van der Waals surface area contributed by atoms with Crippen LogP contribution in [-0.2, 0) is 11.2 Å². The first-order valence-electron chi connectivity index (χ1n) is 8.10. The Morgan fingerprint density at radius 1 is 1.12 bits per heavy atom. The number of amides is 1. The summed E-state index contributed by atoms with van der Waals surface area (Å²) < 4.78 is 10.8. The summed E-state index contributed by atoms with van der Waals surface area (Å²) in [5, 5.41) is 5.00. The summed E-state index contributed by atoms with van der Waals surface area (Å²) in [7, 11) is 3.09. The van der Waals surface area contributed by atoms with Crippen LogP contribution in [0, 0.1) is 0 Å². The SMILES string of the molecule is COc1ccc(Cc2nccc3ccccc23)c(NC(=O)CCl)c1OC. The molecule has 0 radical (unpaired) electrons. The minimum Gasteiger partial charge on any atom is -0.493 e. The highest BCUT2D eigenvalue weighted by Gasteiger charge is 2.18. The van der Waals surface area contributed by atoms with Crippen molar-refractivity contribution in [1.29, 1.82) is 0 Å². The number of ether oxygens (including phenoxy) is 2. The molecule has 1 aromatic heterocycles. The zero-order chi connectivity index (χ0) is 18.5. The second kappa shape index (κ2) is 8.06. The molecule has 0 aliphatic rings. The molecule has 6 heteroatoms. The minimum absolute atomic E-state index is 0.147. The van der Waals surface area contributed by atoms with Gasteiger partial charge in [0.25, 0.3) is 0 Å². The number of fused-ring (bicyclic) bond motifs is 1. The Hall–Kier alpha value is -2.79. The fourth-order valence-electron chi connectivity index (χ4n) is 2.93. The number of alkyl halides is 1. The molecule has 5 nitrogen and oxygen atoms in total. The largest absolute Gasteiger partial charge is 0.493 e. The molecule has 0 aliphatic heterocycles. The average molecular weight is 371 g/mol. The van der Waals surface area contributed by atoms with E-state index in [1.54, 1.807) is 13.3 Å². The summed E-state index contributed by atoms with van der Waals surface area (Å²) in [6.07, 6.45) is 2.31. The number of nitrogens with zero attached hydrogens (tertiary/aromatic N) is 1. The first-order chi connectivity index (χ1) is 12.7. The predicted octanol–water partition coefficient (Wildman–Crippen LogP) is 4.02. The molecular formula is C20H19ClN2O3. The van der Waals surface area contributed by atoms with E-state index in [1.165, 1.54) is 7.11 Å². The second-order valence-electron chi connectivity index (χ2n) is 5.67. The number of aromatic nitrogens is 1. The molecular weight excluding hydrogens is 352 g/mol. The summed E-state index contributed by atoms with van der Waals surface area (Å²) in [6, 6.07) is 13.8. The van der Waals surface area contributed by atoms with Crippen molar-refractivity contribution < 1.29 is 14.3 Å². The van der Waals surface area contributed by atoms with Gasteiger partial charge in [0, 0.05) is 18.0 Å². The third kappa shape index (κ3) is 3.58. The zero-order valence-electron chi connectivity index (χ0n) is 14.6. The van der Waals surface area contributed by atoms with Crippen LogP contribution in [0.3, 0.4) is 0 Å². The van der Waals surface area contributed by atoms with Crippen LogP contribution in [0.5, 0.6) is 11.5 Å². The summed E-state index contributed by atoms with van der Waals surface area (Å²) in [4.78, 5) is 16.4. The lowest BCUT2D eigenvalue weighted by Gasteiger charge is -2.17. The van der Waals surface area contributed by atoms with E-state index in [4.69, 9.17) is 21.1 Å². The van der Waals surface area contributed by atoms with Gasteiger partial charge >= 0.3 is 0 Å². The van der Waals surface area contributed by atoms with Gasteiger partial charge in [-0.15, -0.1) is 11.6 Å². The van der Waals surface area contributed by atoms with Crippen LogP contribution in [0.1, 0.15) is 11.3 Å². The minimum atomic E-state index is -0.314. The highest BCUT2D eigenvalue weighted by atomic mass is 35.5. The molecule has 0 atom stereocenters. The van der Waals surface area contributed by atoms with E-state index in [9.17, 15) is 4.79 Å². The topological polar surface area (TPSA) is 60.5 Å². The maximum atomic E-state index is 11.9. The Morgan fingerprint density at radius 3 is 2.65 bits per heavy atom. The second-order valence-corrected chi connectivity index (χ2v) is 5.94. The first-order valence-corrected chi connectivity index (χ1v) is 8.63. The van der Waals surface area contributed by atoms with E-state index < -0.39 is 0 Å². The molecule has 0 aliphatic carbocycles. The van der Waals surface area contributed by atoms with Gasteiger partial charge in [0.15, 0.2) is 11.5 Å². The number of nitrogens with one attached hydrogen (secondary N) is 1. The number of anilines is 1. The van der Waals surface area contributed by atoms with Crippen molar-refractivity contribution in [2.24, 2.45) is 0 Å². The van der Waals surface area contributed by atoms with Gasteiger partial charge in [0.05, 0.1) is 25.6 Å². The summed E-state index contributed by atoms with van der Waals surface area (Å²) in [6.45, 7) is 0. The average Bonchev–Trinajstić information content (AvgIpc) is 2.69. The number of halogens is 1. The van der Waals surface area contributed by atoms with Crippen molar-refractivity contribution in [1.82, 2.24) is 4.98 Å². The molecule has 1 N–H and O–H groups in total. The molecule has 0 bridgehead atoms. The molecule has 2 aromatic carbocycles. The number of pyridine rings is 1. The van der Waals surface area contributed by atoms with E-state index >= 15 is 0 Å². The Labute approximate surface area is 156 Å². The lowest BCUT2D eigenvalue weighted by Crippen LogP contribution is -2.15. The molecule has 3 rings (SSSR count). The predicted molar refractivity (Wildman–Crippen MR) is 103 cm³/mol. The van der Waals surface area contributed by atoms with Gasteiger partial charge in [-0.05, 0) is 23.1 Å². The number of carbonyl (C=O) groups excluding carboxylic acids is 1. The molecule has 3 aromatic rings. The molecule has 0 unspecified atom stereocenters. The smallest absolute Gasteiger partial charge is 0.239 e. The Balaban J connectivity index is 2.10. The van der Waals surface area contributed by atoms with E-state index in [0.29, 0.717) is 23.6 Å². The standard InChI is InChI=1S/C20H19ClN2O3/c1-25-17-8-7-14(19(20(17)26-2)23-18(24)12-21)11-16-15-6-4-3-5-13(15)9-10-22-16/h3-10H,11-12H2,1-2H3,(H,23,24). The first kappa shape index (κ1) is 18.0. The van der Waals surface area contributed by atoms with Crippen LogP contribution < -0.4 is 14.8 Å². The quantitative estimate of drug-likeness (QED) is 0.666. The van der Waals surface area contributed by atoms with Crippen LogP contribution in [-0.4, -0.2) is 31.0 Å². The molecule has 0 fully saturated rings. The summed E-state index contributed by atoms with van der Waals surface area (Å²) in [5.74, 6) is 0.535. The maximum Gasteiger partial charge on any atom is 0.239 e. The van der Waals surface area contributed by atoms with Crippen LogP contribution in [0.4, 0.5) is 5.69 Å². The number of hydrogen-bond donors (Lipinski definition) is 1. The van der Waals surface area contributed by atoms with Gasteiger partial charge in [-0.3, -0.25) is 9.78 Å². The third-order valence-electron chi connectivity index (χ3n) is 4.13. The molecule has 26 heavy (non-hydrogen) atoms. The Bertz CT molecular complexity index is 938. The van der Waals surface area contributed by atoms with Gasteiger partial charge in [-0.2, -0.15) is 0 Å². The third-order valence-corrected chi connectivity index (χ3v) is 4.37. The molecule has 0 saturated heterocycles. The van der Waals surface area contributed by atoms with Crippen molar-refractivity contribution in [3.8, 4) is 11.5 Å². The van der Waals surface area contributed by atoms with Gasteiger partial charge in [-0.1, -0.05) is 30.3 Å². The van der Waals surface area contributed by atoms with Gasteiger partial charge < -0.3 is 14.8 Å². The summed E-state index contributed by atoms with van der Waals surface area (Å²) in [5.41, 5.74) is 2.33. The molecule has 0 saturated carbocycles. The van der Waals surface area contributed by atoms with Crippen molar-refractivity contribution in [3.63, 3.8) is 0 Å². The Morgan fingerprint density at radius 2 is 1.92 bits per heavy atom. The fourth-order valence-corrected chi connectivity index (χ4v) is 3.00. The van der Waals surface area contributed by atoms with Gasteiger partial charge in [0.2, 0.25) is 5.91 Å². The van der Waals surface area contributed by atoms with Crippen LogP contribution >= 0.6 is 11.6 Å². The van der Waals surface area contributed by atoms with Gasteiger partial charge in [-0.25, -0.2) is 0 Å². The molecule has 0 spiro atoms. The summed E-state index contributed by atoms with van der Waals surface area (Å²) >= 11 is 5.67. The van der Waals surface area contributed by atoms with E-state index in [0.717, 1.165) is 22.0 Å². The molecule has 134 valence electrons. The van der Waals surface area contributed by atoms with Crippen LogP contribution in [0.15, 0.2) is 48.7 Å². The van der Waals surface area contributed by atoms with Crippen molar-refractivity contribution >= 4 is 34.0 Å². The number of carbonyl (C=O) groups is 1. The highest BCUT2D eigenvalue weighted by molar-refractivity contribution is 6.29. The Kier molecular flexibility index (Phi) is 5.58. The van der Waals surface area contributed by atoms with Gasteiger partial charge in [0.1, 0.15) is 5.88 Å². The van der Waals surface area contributed by atoms with Crippen LogP contribution in [0.2, 0.25) is 0 Å². The lowest BCUT2D eigenvalue weighted by atomic mass is 10.0. The normalized spacial score (nSPS) is 10.6. The van der Waals surface area contributed by atoms with E-state index in [2.05, 4.69) is 10.3 Å².